The number of ether oxygens (including phenoxy) is 1. The number of phenols is 1. The summed E-state index contributed by atoms with van der Waals surface area (Å²) in [5.74, 6) is -0.450. The highest BCUT2D eigenvalue weighted by Crippen LogP contribution is 2.42. The van der Waals surface area contributed by atoms with Gasteiger partial charge in [-0.25, -0.2) is 4.79 Å². The maximum atomic E-state index is 11.9. The SMILES string of the molecule is CCOC(=O)c1ccc(-n2c(CCC(=O)O)ccc2C2CCCS2)cc1O. The Balaban J connectivity index is 2.00. The van der Waals surface area contributed by atoms with Gasteiger partial charge in [0.2, 0.25) is 0 Å². The first kappa shape index (κ1) is 19.4. The van der Waals surface area contributed by atoms with Gasteiger partial charge in [0.25, 0.3) is 0 Å². The van der Waals surface area contributed by atoms with Gasteiger partial charge in [-0.1, -0.05) is 0 Å². The average molecular weight is 389 g/mol. The number of hydrogen-bond donors (Lipinski definition) is 2. The van der Waals surface area contributed by atoms with E-state index in [1.165, 1.54) is 0 Å². The molecule has 0 radical (unpaired) electrons. The van der Waals surface area contributed by atoms with Crippen molar-refractivity contribution in [1.82, 2.24) is 4.57 Å². The molecule has 2 N–H and O–H groups in total. The number of carboxylic acids is 1. The molecule has 7 heteroatoms. The van der Waals surface area contributed by atoms with Crippen LogP contribution in [0.25, 0.3) is 5.69 Å². The third-order valence-electron chi connectivity index (χ3n) is 4.58. The third-order valence-corrected chi connectivity index (χ3v) is 5.99. The number of thioether (sulfide) groups is 1. The van der Waals surface area contributed by atoms with E-state index < -0.39 is 11.9 Å². The lowest BCUT2D eigenvalue weighted by Crippen LogP contribution is -2.09. The van der Waals surface area contributed by atoms with Gasteiger partial charge in [0.1, 0.15) is 11.3 Å². The monoisotopic (exact) mass is 389 g/mol. The fraction of sp³-hybridized carbons (Fsp3) is 0.400. The Morgan fingerprint density at radius 2 is 2.11 bits per heavy atom. The summed E-state index contributed by atoms with van der Waals surface area (Å²) < 4.78 is 6.97. The van der Waals surface area contributed by atoms with Gasteiger partial charge in [-0.15, -0.1) is 0 Å². The summed E-state index contributed by atoms with van der Waals surface area (Å²) in [6, 6.07) is 8.85. The number of carbonyl (C=O) groups excluding carboxylic acids is 1. The lowest BCUT2D eigenvalue weighted by atomic mass is 10.1. The van der Waals surface area contributed by atoms with E-state index in [9.17, 15) is 14.7 Å². The number of benzene rings is 1. The molecule has 0 spiro atoms. The number of rotatable bonds is 7. The van der Waals surface area contributed by atoms with Crippen LogP contribution in [-0.2, 0) is 16.0 Å². The molecule has 0 amide bonds. The Bertz CT molecular complexity index is 839. The summed E-state index contributed by atoms with van der Waals surface area (Å²) in [5, 5.41) is 19.7. The van der Waals surface area contributed by atoms with Gasteiger partial charge in [0.05, 0.1) is 13.0 Å². The molecule has 2 heterocycles. The first-order valence-electron chi connectivity index (χ1n) is 9.05. The molecule has 1 fully saturated rings. The van der Waals surface area contributed by atoms with Gasteiger partial charge in [0, 0.05) is 28.4 Å². The Labute approximate surface area is 162 Å². The van der Waals surface area contributed by atoms with Crippen LogP contribution in [-0.4, -0.2) is 39.1 Å². The van der Waals surface area contributed by atoms with Crippen LogP contribution in [0.3, 0.4) is 0 Å². The summed E-state index contributed by atoms with van der Waals surface area (Å²) in [4.78, 5) is 22.9. The maximum absolute atomic E-state index is 11.9. The van der Waals surface area contributed by atoms with Crippen LogP contribution in [0.2, 0.25) is 0 Å². The second-order valence-corrected chi connectivity index (χ2v) is 7.71. The van der Waals surface area contributed by atoms with E-state index in [1.807, 2.05) is 28.5 Å². The van der Waals surface area contributed by atoms with Gasteiger partial charge in [-0.2, -0.15) is 11.8 Å². The third kappa shape index (κ3) is 4.30. The molecule has 1 saturated heterocycles. The van der Waals surface area contributed by atoms with Gasteiger partial charge in [-0.05, 0) is 56.2 Å². The van der Waals surface area contributed by atoms with E-state index in [4.69, 9.17) is 9.84 Å². The van der Waals surface area contributed by atoms with Crippen molar-refractivity contribution >= 4 is 23.7 Å². The molecule has 0 saturated carbocycles. The first-order chi connectivity index (χ1) is 13.0. The molecule has 3 rings (SSSR count). The van der Waals surface area contributed by atoms with E-state index in [0.717, 1.165) is 30.0 Å². The minimum absolute atomic E-state index is 0.0359. The molecule has 1 aromatic heterocycles. The number of carbonyl (C=O) groups is 2. The first-order valence-corrected chi connectivity index (χ1v) is 10.1. The number of aromatic hydroxyl groups is 1. The van der Waals surface area contributed by atoms with Gasteiger partial charge < -0.3 is 19.5 Å². The number of nitrogens with zero attached hydrogens (tertiary/aromatic N) is 1. The van der Waals surface area contributed by atoms with Crippen molar-refractivity contribution in [2.24, 2.45) is 0 Å². The molecule has 6 nitrogen and oxygen atoms in total. The van der Waals surface area contributed by atoms with Crippen molar-refractivity contribution in [1.29, 1.82) is 0 Å². The van der Waals surface area contributed by atoms with Crippen LogP contribution in [0, 0.1) is 0 Å². The van der Waals surface area contributed by atoms with E-state index in [2.05, 4.69) is 0 Å². The topological polar surface area (TPSA) is 88.8 Å². The maximum Gasteiger partial charge on any atom is 0.341 e. The predicted molar refractivity (Wildman–Crippen MR) is 104 cm³/mol. The van der Waals surface area contributed by atoms with E-state index in [0.29, 0.717) is 17.4 Å². The Morgan fingerprint density at radius 1 is 1.30 bits per heavy atom. The average Bonchev–Trinajstić information content (AvgIpc) is 3.29. The van der Waals surface area contributed by atoms with Crippen LogP contribution >= 0.6 is 11.8 Å². The highest BCUT2D eigenvalue weighted by atomic mass is 32.2. The van der Waals surface area contributed by atoms with Gasteiger partial charge >= 0.3 is 11.9 Å². The number of carboxylic acid groups (broad SMARTS) is 1. The van der Waals surface area contributed by atoms with Crippen molar-refractivity contribution in [3.05, 3.63) is 47.3 Å². The lowest BCUT2D eigenvalue weighted by molar-refractivity contribution is -0.137. The quantitative estimate of drug-likeness (QED) is 0.697. The Kier molecular flexibility index (Phi) is 6.11. The highest BCUT2D eigenvalue weighted by Gasteiger charge is 2.24. The van der Waals surface area contributed by atoms with Crippen molar-refractivity contribution in [3.63, 3.8) is 0 Å². The summed E-state index contributed by atoms with van der Waals surface area (Å²) in [7, 11) is 0. The summed E-state index contributed by atoms with van der Waals surface area (Å²) in [6.45, 7) is 1.95. The minimum Gasteiger partial charge on any atom is -0.507 e. The molecule has 144 valence electrons. The summed E-state index contributed by atoms with van der Waals surface area (Å²) in [6.07, 6.45) is 2.65. The largest absolute Gasteiger partial charge is 0.507 e. The van der Waals surface area contributed by atoms with E-state index >= 15 is 0 Å². The Morgan fingerprint density at radius 3 is 2.74 bits per heavy atom. The number of aliphatic carboxylic acids is 1. The molecule has 0 bridgehead atoms. The minimum atomic E-state index is -0.847. The van der Waals surface area contributed by atoms with E-state index in [1.54, 1.807) is 25.1 Å². The van der Waals surface area contributed by atoms with Crippen molar-refractivity contribution in [2.45, 2.75) is 37.9 Å². The lowest BCUT2D eigenvalue weighted by Gasteiger charge is -2.18. The van der Waals surface area contributed by atoms with Crippen LogP contribution in [0.1, 0.15) is 53.2 Å². The normalized spacial score (nSPS) is 16.4. The zero-order valence-electron chi connectivity index (χ0n) is 15.2. The number of hydrogen-bond acceptors (Lipinski definition) is 5. The number of esters is 1. The van der Waals surface area contributed by atoms with Crippen molar-refractivity contribution in [2.75, 3.05) is 12.4 Å². The zero-order chi connectivity index (χ0) is 19.4. The second-order valence-electron chi connectivity index (χ2n) is 6.40. The standard InChI is InChI=1S/C20H23NO5S/c1-2-26-20(25)15-8-5-14(12-17(15)22)21-13(7-10-19(23)24)6-9-16(21)18-4-3-11-27-18/h5-6,8-9,12,18,22H,2-4,7,10-11H2,1H3,(H,23,24). The molecule has 2 aromatic rings. The van der Waals surface area contributed by atoms with Gasteiger partial charge in [-0.3, -0.25) is 4.79 Å². The molecular weight excluding hydrogens is 366 g/mol. The molecule has 1 atom stereocenters. The predicted octanol–water partition coefficient (Wildman–Crippen LogP) is 3.94. The number of aryl methyl sites for hydroxylation is 1. The molecule has 0 aliphatic carbocycles. The highest BCUT2D eigenvalue weighted by molar-refractivity contribution is 7.99. The van der Waals surface area contributed by atoms with Crippen molar-refractivity contribution in [3.8, 4) is 11.4 Å². The fourth-order valence-corrected chi connectivity index (χ4v) is 4.65. The Hall–Kier alpha value is -2.41. The number of aromatic nitrogens is 1. The van der Waals surface area contributed by atoms with Crippen LogP contribution < -0.4 is 0 Å². The van der Waals surface area contributed by atoms with Crippen LogP contribution in [0.5, 0.6) is 5.75 Å². The van der Waals surface area contributed by atoms with Gasteiger partial charge in [0.15, 0.2) is 0 Å². The fourth-order valence-electron chi connectivity index (χ4n) is 3.34. The van der Waals surface area contributed by atoms with Crippen LogP contribution in [0.15, 0.2) is 30.3 Å². The second kappa shape index (κ2) is 8.52. The zero-order valence-corrected chi connectivity index (χ0v) is 16.0. The molecular formula is C20H23NO5S. The van der Waals surface area contributed by atoms with Crippen LogP contribution in [0.4, 0.5) is 0 Å². The molecule has 1 aliphatic heterocycles. The molecule has 1 aliphatic rings. The molecule has 1 aromatic carbocycles. The molecule has 27 heavy (non-hydrogen) atoms. The van der Waals surface area contributed by atoms with Crippen molar-refractivity contribution < 1.29 is 24.5 Å². The van der Waals surface area contributed by atoms with E-state index in [-0.39, 0.29) is 24.3 Å². The smallest absolute Gasteiger partial charge is 0.341 e. The summed E-state index contributed by atoms with van der Waals surface area (Å²) >= 11 is 1.89. The molecule has 1 unspecified atom stereocenters. The summed E-state index contributed by atoms with van der Waals surface area (Å²) in [5.41, 5.74) is 2.81. The number of phenolic OH excluding ortho intramolecular Hbond substituents is 1.